The molecule has 4 rings (SSSR count). The van der Waals surface area contributed by atoms with Gasteiger partial charge in [-0.25, -0.2) is 0 Å². The van der Waals surface area contributed by atoms with E-state index in [4.69, 9.17) is 18.9 Å². The normalized spacial score (nSPS) is 46.8. The van der Waals surface area contributed by atoms with Crippen LogP contribution in [0.2, 0.25) is 0 Å². The summed E-state index contributed by atoms with van der Waals surface area (Å²) in [5.74, 6) is 0. The summed E-state index contributed by atoms with van der Waals surface area (Å²) in [6, 6.07) is 0. The molecule has 0 aromatic heterocycles. The highest BCUT2D eigenvalue weighted by molar-refractivity contribution is 9.09. The van der Waals surface area contributed by atoms with Gasteiger partial charge in [0.25, 0.3) is 0 Å². The van der Waals surface area contributed by atoms with E-state index < -0.39 is 11.2 Å². The van der Waals surface area contributed by atoms with Crippen molar-refractivity contribution in [3.05, 3.63) is 12.2 Å². The van der Waals surface area contributed by atoms with E-state index in [1.165, 1.54) is 0 Å². The number of halogens is 1. The Balaban J connectivity index is 1.33. The van der Waals surface area contributed by atoms with Crippen LogP contribution < -0.4 is 0 Å². The quantitative estimate of drug-likeness (QED) is 0.294. The maximum atomic E-state index is 10.9. The lowest BCUT2D eigenvalue weighted by molar-refractivity contribution is -0.285. The number of fused-ring (bicyclic) bond motifs is 1. The molecule has 0 aromatic rings. The lowest BCUT2D eigenvalue weighted by Gasteiger charge is -2.55. The third-order valence-electron chi connectivity index (χ3n) is 9.75. The van der Waals surface area contributed by atoms with Crippen molar-refractivity contribution in [2.45, 2.75) is 176 Å². The minimum absolute atomic E-state index is 0.0189. The highest BCUT2D eigenvalue weighted by atomic mass is 79.9. The van der Waals surface area contributed by atoms with Gasteiger partial charge in [-0.2, -0.15) is 0 Å². The maximum absolute atomic E-state index is 10.9. The zero-order chi connectivity index (χ0) is 27.4. The first-order valence-corrected chi connectivity index (χ1v) is 15.3. The topological polar surface area (TPSA) is 77.4 Å². The summed E-state index contributed by atoms with van der Waals surface area (Å²) in [5.41, 5.74) is -1.61. The Bertz CT molecular complexity index is 836. The summed E-state index contributed by atoms with van der Waals surface area (Å²) in [6.07, 6.45) is 7.91. The van der Waals surface area contributed by atoms with Crippen LogP contribution in [0.1, 0.15) is 113 Å². The zero-order valence-electron chi connectivity index (χ0n) is 24.1. The second-order valence-corrected chi connectivity index (χ2v) is 15.1. The van der Waals surface area contributed by atoms with Gasteiger partial charge < -0.3 is 29.2 Å². The number of aliphatic hydroxyl groups is 2. The monoisotopic (exact) mass is 586 g/mol. The molecule has 0 radical (unpaired) electrons. The van der Waals surface area contributed by atoms with Gasteiger partial charge in [-0.05, 0) is 118 Å². The Kier molecular flexibility index (Phi) is 8.44. The van der Waals surface area contributed by atoms with Crippen molar-refractivity contribution in [3.63, 3.8) is 0 Å². The van der Waals surface area contributed by atoms with Gasteiger partial charge in [0.2, 0.25) is 0 Å². The summed E-state index contributed by atoms with van der Waals surface area (Å²) in [6.45, 7) is 18.5. The summed E-state index contributed by atoms with van der Waals surface area (Å²) >= 11 is 3.80. The summed E-state index contributed by atoms with van der Waals surface area (Å²) in [4.78, 5) is 0.357. The van der Waals surface area contributed by atoms with Gasteiger partial charge in [0.05, 0.1) is 58.5 Å². The molecule has 0 bridgehead atoms. The first kappa shape index (κ1) is 30.0. The fourth-order valence-electron chi connectivity index (χ4n) is 7.00. The number of alkyl halides is 1. The maximum Gasteiger partial charge on any atom is 0.0924 e. The predicted octanol–water partition coefficient (Wildman–Crippen LogP) is 5.99. The average molecular weight is 588 g/mol. The number of ether oxygens (including phenoxy) is 4. The molecule has 4 fully saturated rings. The van der Waals surface area contributed by atoms with Crippen molar-refractivity contribution < 1.29 is 29.2 Å². The Morgan fingerprint density at radius 1 is 0.919 bits per heavy atom. The van der Waals surface area contributed by atoms with Crippen LogP contribution in [0, 0.1) is 0 Å². The number of rotatable bonds is 6. The Hall–Kier alpha value is -0.0200. The molecule has 214 valence electrons. The Labute approximate surface area is 233 Å². The third kappa shape index (κ3) is 6.34. The van der Waals surface area contributed by atoms with Crippen LogP contribution in [0.4, 0.5) is 0 Å². The molecule has 6 nitrogen and oxygen atoms in total. The molecule has 9 atom stereocenters. The second kappa shape index (κ2) is 10.4. The van der Waals surface area contributed by atoms with Crippen molar-refractivity contribution in [1.82, 2.24) is 0 Å². The van der Waals surface area contributed by atoms with Crippen LogP contribution in [0.15, 0.2) is 12.2 Å². The largest absolute Gasteiger partial charge is 0.388 e. The van der Waals surface area contributed by atoms with E-state index in [1.807, 2.05) is 6.92 Å². The molecule has 0 spiro atoms. The number of hydrogen-bond donors (Lipinski definition) is 2. The van der Waals surface area contributed by atoms with Crippen molar-refractivity contribution >= 4 is 15.9 Å². The van der Waals surface area contributed by atoms with Crippen LogP contribution in [0.5, 0.6) is 0 Å². The van der Waals surface area contributed by atoms with Crippen LogP contribution in [0.3, 0.4) is 0 Å². The zero-order valence-corrected chi connectivity index (χ0v) is 25.7. The molecule has 4 saturated heterocycles. The van der Waals surface area contributed by atoms with Gasteiger partial charge in [0.1, 0.15) is 0 Å². The minimum Gasteiger partial charge on any atom is -0.388 e. The van der Waals surface area contributed by atoms with E-state index in [9.17, 15) is 10.2 Å². The summed E-state index contributed by atoms with van der Waals surface area (Å²) in [7, 11) is 0. The van der Waals surface area contributed by atoms with Crippen molar-refractivity contribution in [2.24, 2.45) is 0 Å². The molecule has 37 heavy (non-hydrogen) atoms. The molecule has 4 aliphatic heterocycles. The highest BCUT2D eigenvalue weighted by Gasteiger charge is 2.54. The first-order chi connectivity index (χ1) is 17.0. The molecule has 0 saturated carbocycles. The molecule has 0 amide bonds. The average Bonchev–Trinajstić information content (AvgIpc) is 2.78. The molecule has 0 aliphatic carbocycles. The molecule has 4 aliphatic rings. The first-order valence-electron chi connectivity index (χ1n) is 14.4. The van der Waals surface area contributed by atoms with E-state index >= 15 is 0 Å². The van der Waals surface area contributed by atoms with Crippen LogP contribution in [0.25, 0.3) is 0 Å². The highest BCUT2D eigenvalue weighted by Crippen LogP contribution is 2.48. The number of hydrogen-bond acceptors (Lipinski definition) is 6. The molecule has 7 heteroatoms. The molecular weight excluding hydrogens is 536 g/mol. The SMILES string of the molecule is C=C(CC[C@H]1O[C@@H](C(C)(C)O)CC[C@]1(C)O)C1CCC2OC([C@]3(C)CC[C@@H](Br)C(C)(C)O3)CC[C@]2(C)O1. The van der Waals surface area contributed by atoms with Gasteiger partial charge in [-0.1, -0.05) is 22.5 Å². The smallest absolute Gasteiger partial charge is 0.0924 e. The van der Waals surface area contributed by atoms with Gasteiger partial charge >= 0.3 is 0 Å². The van der Waals surface area contributed by atoms with Crippen molar-refractivity contribution in [3.8, 4) is 0 Å². The summed E-state index contributed by atoms with van der Waals surface area (Å²) < 4.78 is 26.3. The van der Waals surface area contributed by atoms with E-state index in [2.05, 4.69) is 50.2 Å². The van der Waals surface area contributed by atoms with Gasteiger partial charge in [-0.15, -0.1) is 0 Å². The molecule has 0 aromatic carbocycles. The molecular formula is C30H51BrO6. The molecule has 2 N–H and O–H groups in total. The predicted molar refractivity (Wildman–Crippen MR) is 149 cm³/mol. The minimum atomic E-state index is -0.925. The van der Waals surface area contributed by atoms with Crippen molar-refractivity contribution in [1.29, 1.82) is 0 Å². The standard InChI is InChI=1S/C30H51BrO6/c1-19(9-11-23-28(6,33)16-14-22(34-23)26(2,3)32)20-10-12-24-29(7,36-20)18-15-25(35-24)30(8)17-13-21(31)27(4,5)37-30/h20-25,32-33H,1,9-18H2,2-8H3/t20?,21-,22-,23-,24?,25?,28+,29+,30+/m1/s1. The fourth-order valence-corrected chi connectivity index (χ4v) is 7.32. The Morgan fingerprint density at radius 2 is 1.57 bits per heavy atom. The molecule has 3 unspecified atom stereocenters. The van der Waals surface area contributed by atoms with Crippen LogP contribution in [-0.4, -0.2) is 73.6 Å². The van der Waals surface area contributed by atoms with Crippen LogP contribution >= 0.6 is 15.9 Å². The fraction of sp³-hybridized carbons (Fsp3) is 0.933. The van der Waals surface area contributed by atoms with Gasteiger partial charge in [0.15, 0.2) is 0 Å². The van der Waals surface area contributed by atoms with Crippen molar-refractivity contribution in [2.75, 3.05) is 0 Å². The molecule has 4 heterocycles. The van der Waals surface area contributed by atoms with E-state index in [-0.39, 0.29) is 47.3 Å². The van der Waals surface area contributed by atoms with E-state index in [1.54, 1.807) is 13.8 Å². The Morgan fingerprint density at radius 3 is 2.22 bits per heavy atom. The van der Waals surface area contributed by atoms with Crippen LogP contribution in [-0.2, 0) is 18.9 Å². The summed E-state index contributed by atoms with van der Waals surface area (Å²) in [5, 5.41) is 21.4. The van der Waals surface area contributed by atoms with E-state index in [0.29, 0.717) is 24.1 Å². The van der Waals surface area contributed by atoms with Gasteiger partial charge in [-0.3, -0.25) is 0 Å². The lowest BCUT2D eigenvalue weighted by atomic mass is 9.76. The van der Waals surface area contributed by atoms with Gasteiger partial charge in [0, 0.05) is 4.83 Å². The lowest BCUT2D eigenvalue weighted by Crippen LogP contribution is -2.62. The third-order valence-corrected chi connectivity index (χ3v) is 11.3. The second-order valence-electron chi connectivity index (χ2n) is 14.0. The van der Waals surface area contributed by atoms with E-state index in [0.717, 1.165) is 50.5 Å².